The molecule has 1 heterocycles. The van der Waals surface area contributed by atoms with Crippen LogP contribution in [0.5, 0.6) is 0 Å². The number of benzene rings is 2. The number of aryl methyl sites for hydroxylation is 1. The molecular formula is C19H20F2N2O3S. The molecule has 0 spiro atoms. The second-order valence-corrected chi connectivity index (χ2v) is 8.54. The summed E-state index contributed by atoms with van der Waals surface area (Å²) in [5.74, 6) is -1.74. The molecule has 0 saturated carbocycles. The maximum atomic E-state index is 13.8. The standard InChI is InChI=1S/C19H20F2N2O3S/c1-13-2-7-17(21)18(12-13)22-19(24)14-8-10-23(11-9-14)27(25,26)16-5-3-15(20)4-6-16/h2-7,12,14H,8-11H2,1H3,(H,22,24). The van der Waals surface area contributed by atoms with Gasteiger partial charge >= 0.3 is 0 Å². The number of hydrogen-bond donors (Lipinski definition) is 1. The molecule has 0 aliphatic carbocycles. The van der Waals surface area contributed by atoms with Gasteiger partial charge in [-0.25, -0.2) is 17.2 Å². The lowest BCUT2D eigenvalue weighted by molar-refractivity contribution is -0.120. The van der Waals surface area contributed by atoms with Crippen LogP contribution in [0.15, 0.2) is 47.4 Å². The summed E-state index contributed by atoms with van der Waals surface area (Å²) in [6.07, 6.45) is 0.666. The minimum atomic E-state index is -3.72. The van der Waals surface area contributed by atoms with Gasteiger partial charge in [0.15, 0.2) is 0 Å². The topological polar surface area (TPSA) is 66.5 Å². The Morgan fingerprint density at radius 3 is 2.33 bits per heavy atom. The highest BCUT2D eigenvalue weighted by molar-refractivity contribution is 7.89. The molecule has 1 N–H and O–H groups in total. The number of carbonyl (C=O) groups is 1. The van der Waals surface area contributed by atoms with Crippen LogP contribution in [0.25, 0.3) is 0 Å². The second kappa shape index (κ2) is 7.74. The highest BCUT2D eigenvalue weighted by Crippen LogP contribution is 2.25. The van der Waals surface area contributed by atoms with Crippen molar-refractivity contribution in [2.24, 2.45) is 5.92 Å². The van der Waals surface area contributed by atoms with E-state index < -0.39 is 27.6 Å². The molecule has 0 unspecified atom stereocenters. The Balaban J connectivity index is 1.63. The van der Waals surface area contributed by atoms with Crippen LogP contribution in [0.4, 0.5) is 14.5 Å². The molecule has 8 heteroatoms. The molecule has 0 radical (unpaired) electrons. The van der Waals surface area contributed by atoms with Gasteiger partial charge in [0, 0.05) is 19.0 Å². The highest BCUT2D eigenvalue weighted by Gasteiger charge is 2.32. The zero-order chi connectivity index (χ0) is 19.6. The van der Waals surface area contributed by atoms with Gasteiger partial charge in [-0.3, -0.25) is 4.79 Å². The Bertz CT molecular complexity index is 938. The Hall–Kier alpha value is -2.32. The van der Waals surface area contributed by atoms with E-state index >= 15 is 0 Å². The summed E-state index contributed by atoms with van der Waals surface area (Å²) in [6, 6.07) is 9.12. The quantitative estimate of drug-likeness (QED) is 0.865. The molecule has 1 saturated heterocycles. The van der Waals surface area contributed by atoms with Gasteiger partial charge in [0.05, 0.1) is 10.6 Å². The maximum Gasteiger partial charge on any atom is 0.243 e. The number of carbonyl (C=O) groups excluding carboxylic acids is 1. The second-order valence-electron chi connectivity index (χ2n) is 6.60. The first-order valence-electron chi connectivity index (χ1n) is 8.60. The fraction of sp³-hybridized carbons (Fsp3) is 0.316. The molecule has 0 atom stereocenters. The van der Waals surface area contributed by atoms with Gasteiger partial charge in [-0.05, 0) is 61.7 Å². The molecule has 144 valence electrons. The van der Waals surface area contributed by atoms with Crippen molar-refractivity contribution in [3.05, 3.63) is 59.7 Å². The molecule has 1 amide bonds. The van der Waals surface area contributed by atoms with Crippen LogP contribution in [0.1, 0.15) is 18.4 Å². The monoisotopic (exact) mass is 394 g/mol. The number of amides is 1. The van der Waals surface area contributed by atoms with E-state index in [-0.39, 0.29) is 29.6 Å². The summed E-state index contributed by atoms with van der Waals surface area (Å²) in [7, 11) is -3.72. The normalized spacial score (nSPS) is 16.3. The Labute approximate surface area is 157 Å². The van der Waals surface area contributed by atoms with Gasteiger partial charge in [0.25, 0.3) is 0 Å². The van der Waals surface area contributed by atoms with Crippen LogP contribution in [0.3, 0.4) is 0 Å². The summed E-state index contributed by atoms with van der Waals surface area (Å²) in [5, 5.41) is 2.59. The lowest BCUT2D eigenvalue weighted by Crippen LogP contribution is -2.41. The summed E-state index contributed by atoms with van der Waals surface area (Å²) in [5.41, 5.74) is 0.952. The van der Waals surface area contributed by atoms with E-state index in [1.165, 1.54) is 22.5 Å². The van der Waals surface area contributed by atoms with E-state index in [1.807, 2.05) is 0 Å². The number of nitrogens with zero attached hydrogens (tertiary/aromatic N) is 1. The number of sulfonamides is 1. The first-order valence-corrected chi connectivity index (χ1v) is 10.0. The van der Waals surface area contributed by atoms with Crippen molar-refractivity contribution in [2.45, 2.75) is 24.7 Å². The zero-order valence-corrected chi connectivity index (χ0v) is 15.6. The molecule has 0 bridgehead atoms. The summed E-state index contributed by atoms with van der Waals surface area (Å²) < 4.78 is 53.3. The Morgan fingerprint density at radius 1 is 1.07 bits per heavy atom. The fourth-order valence-electron chi connectivity index (χ4n) is 3.08. The predicted octanol–water partition coefficient (Wildman–Crippen LogP) is 3.31. The van der Waals surface area contributed by atoms with E-state index in [0.717, 1.165) is 17.7 Å². The number of nitrogens with one attached hydrogen (secondary N) is 1. The summed E-state index contributed by atoms with van der Waals surface area (Å²) in [6.45, 7) is 2.15. The van der Waals surface area contributed by atoms with Crippen LogP contribution >= 0.6 is 0 Å². The van der Waals surface area contributed by atoms with Gasteiger partial charge in [0.2, 0.25) is 15.9 Å². The molecule has 3 rings (SSSR count). The molecular weight excluding hydrogens is 374 g/mol. The lowest BCUT2D eigenvalue weighted by Gasteiger charge is -2.30. The van der Waals surface area contributed by atoms with Gasteiger partial charge in [-0.15, -0.1) is 0 Å². The van der Waals surface area contributed by atoms with E-state index in [0.29, 0.717) is 12.8 Å². The molecule has 2 aromatic rings. The number of rotatable bonds is 4. The number of halogens is 2. The van der Waals surface area contributed by atoms with Crippen molar-refractivity contribution >= 4 is 21.6 Å². The Morgan fingerprint density at radius 2 is 1.70 bits per heavy atom. The zero-order valence-electron chi connectivity index (χ0n) is 14.8. The van der Waals surface area contributed by atoms with Crippen molar-refractivity contribution in [1.82, 2.24) is 4.31 Å². The molecule has 27 heavy (non-hydrogen) atoms. The van der Waals surface area contributed by atoms with Crippen LogP contribution in [0.2, 0.25) is 0 Å². The van der Waals surface area contributed by atoms with Crippen LogP contribution in [0, 0.1) is 24.5 Å². The third kappa shape index (κ3) is 4.33. The Kier molecular flexibility index (Phi) is 5.57. The highest BCUT2D eigenvalue weighted by atomic mass is 32.2. The van der Waals surface area contributed by atoms with Crippen molar-refractivity contribution in [3.63, 3.8) is 0 Å². The van der Waals surface area contributed by atoms with E-state index in [4.69, 9.17) is 0 Å². The summed E-state index contributed by atoms with van der Waals surface area (Å²) in [4.78, 5) is 12.4. The molecule has 2 aromatic carbocycles. The van der Waals surface area contributed by atoms with Crippen molar-refractivity contribution in [1.29, 1.82) is 0 Å². The predicted molar refractivity (Wildman–Crippen MR) is 97.6 cm³/mol. The number of hydrogen-bond acceptors (Lipinski definition) is 3. The third-order valence-corrected chi connectivity index (χ3v) is 6.57. The van der Waals surface area contributed by atoms with Crippen molar-refractivity contribution in [3.8, 4) is 0 Å². The molecule has 0 aromatic heterocycles. The lowest BCUT2D eigenvalue weighted by atomic mass is 9.97. The van der Waals surface area contributed by atoms with Crippen LogP contribution in [-0.2, 0) is 14.8 Å². The van der Waals surface area contributed by atoms with E-state index in [2.05, 4.69) is 5.32 Å². The molecule has 5 nitrogen and oxygen atoms in total. The largest absolute Gasteiger partial charge is 0.323 e. The SMILES string of the molecule is Cc1ccc(F)c(NC(=O)C2CCN(S(=O)(=O)c3ccc(F)cc3)CC2)c1. The average Bonchev–Trinajstić information content (AvgIpc) is 2.65. The van der Waals surface area contributed by atoms with Gasteiger partial charge in [0.1, 0.15) is 11.6 Å². The van der Waals surface area contributed by atoms with Crippen molar-refractivity contribution < 1.29 is 22.0 Å². The van der Waals surface area contributed by atoms with Gasteiger partial charge in [-0.1, -0.05) is 6.07 Å². The van der Waals surface area contributed by atoms with E-state index in [1.54, 1.807) is 19.1 Å². The fourth-order valence-corrected chi connectivity index (χ4v) is 4.55. The third-order valence-electron chi connectivity index (χ3n) is 4.66. The van der Waals surface area contributed by atoms with Gasteiger partial charge in [-0.2, -0.15) is 4.31 Å². The minimum absolute atomic E-state index is 0.0219. The first kappa shape index (κ1) is 19.4. The maximum absolute atomic E-state index is 13.8. The van der Waals surface area contributed by atoms with Crippen molar-refractivity contribution in [2.75, 3.05) is 18.4 Å². The molecule has 1 aliphatic rings. The van der Waals surface area contributed by atoms with Gasteiger partial charge < -0.3 is 5.32 Å². The van der Waals surface area contributed by atoms with E-state index in [9.17, 15) is 22.0 Å². The smallest absolute Gasteiger partial charge is 0.243 e. The van der Waals surface area contributed by atoms with Crippen LogP contribution in [-0.4, -0.2) is 31.7 Å². The molecule has 1 aliphatic heterocycles. The number of anilines is 1. The van der Waals surface area contributed by atoms with Crippen LogP contribution < -0.4 is 5.32 Å². The summed E-state index contributed by atoms with van der Waals surface area (Å²) >= 11 is 0. The minimum Gasteiger partial charge on any atom is -0.323 e. The first-order chi connectivity index (χ1) is 12.8. The number of piperidine rings is 1. The molecule has 1 fully saturated rings. The average molecular weight is 394 g/mol.